The van der Waals surface area contributed by atoms with E-state index in [-0.39, 0.29) is 0 Å². The van der Waals surface area contributed by atoms with Gasteiger partial charge in [-0.05, 0) is 29.4 Å². The van der Waals surface area contributed by atoms with Crippen LogP contribution in [-0.2, 0) is 13.1 Å². The zero-order valence-electron chi connectivity index (χ0n) is 11.7. The largest absolute Gasteiger partial charge is 0.294 e. The van der Waals surface area contributed by atoms with Crippen LogP contribution in [0.2, 0.25) is 0 Å². The highest BCUT2D eigenvalue weighted by Gasteiger charge is 2.33. The summed E-state index contributed by atoms with van der Waals surface area (Å²) < 4.78 is 0. The molecule has 104 valence electrons. The lowest BCUT2D eigenvalue weighted by atomic mass is 9.82. The van der Waals surface area contributed by atoms with Gasteiger partial charge < -0.3 is 0 Å². The molecule has 0 aromatic heterocycles. The minimum Gasteiger partial charge on any atom is -0.294 e. The van der Waals surface area contributed by atoms with Crippen LogP contribution < -0.4 is 0 Å². The van der Waals surface area contributed by atoms with Crippen molar-refractivity contribution in [2.45, 2.75) is 51.6 Å². The maximum atomic E-state index is 3.82. The Hall–Kier alpha value is -0.340. The molecule has 0 spiro atoms. The van der Waals surface area contributed by atoms with Gasteiger partial charge >= 0.3 is 0 Å². The van der Waals surface area contributed by atoms with Crippen LogP contribution in [0.4, 0.5) is 0 Å². The van der Waals surface area contributed by atoms with Crippen LogP contribution in [0.1, 0.15) is 49.7 Å². The van der Waals surface area contributed by atoms with Gasteiger partial charge in [-0.2, -0.15) is 0 Å². The van der Waals surface area contributed by atoms with Crippen molar-refractivity contribution in [2.75, 3.05) is 11.9 Å². The Morgan fingerprint density at radius 3 is 2.05 bits per heavy atom. The Balaban J connectivity index is 1.68. The van der Waals surface area contributed by atoms with Crippen LogP contribution in [0.3, 0.4) is 0 Å². The molecule has 1 heterocycles. The molecule has 1 aliphatic carbocycles. The van der Waals surface area contributed by atoms with Gasteiger partial charge in [-0.15, -0.1) is 0 Å². The van der Waals surface area contributed by atoms with Gasteiger partial charge in [0.05, 0.1) is 0 Å². The van der Waals surface area contributed by atoms with Crippen LogP contribution in [0.15, 0.2) is 24.3 Å². The van der Waals surface area contributed by atoms with Crippen molar-refractivity contribution in [1.29, 1.82) is 0 Å². The second-order valence-electron chi connectivity index (χ2n) is 6.46. The monoisotopic (exact) mass is 321 g/mol. The first-order chi connectivity index (χ1) is 9.31. The Morgan fingerprint density at radius 1 is 0.947 bits per heavy atom. The van der Waals surface area contributed by atoms with Gasteiger partial charge in [0.15, 0.2) is 0 Å². The summed E-state index contributed by atoms with van der Waals surface area (Å²) in [5.74, 6) is 0. The predicted octanol–water partition coefficient (Wildman–Crippen LogP) is 4.74. The lowest BCUT2D eigenvalue weighted by Crippen LogP contribution is -2.36. The smallest absolute Gasteiger partial charge is 0.0240 e. The molecule has 0 bridgehead atoms. The summed E-state index contributed by atoms with van der Waals surface area (Å²) in [4.78, 5) is 2.66. The highest BCUT2D eigenvalue weighted by atomic mass is 79.9. The number of halogens is 1. The SMILES string of the molecule is BrCC1(CN2Cc3ccccc3C2)CCCCCC1. The van der Waals surface area contributed by atoms with Gasteiger partial charge in [0.25, 0.3) is 0 Å². The van der Waals surface area contributed by atoms with E-state index in [0.29, 0.717) is 5.41 Å². The normalized spacial score (nSPS) is 23.0. The van der Waals surface area contributed by atoms with E-state index < -0.39 is 0 Å². The molecular formula is C17H24BrN. The summed E-state index contributed by atoms with van der Waals surface area (Å²) >= 11 is 3.82. The molecule has 3 rings (SSSR count). The van der Waals surface area contributed by atoms with Crippen LogP contribution >= 0.6 is 15.9 Å². The molecule has 1 aromatic rings. The van der Waals surface area contributed by atoms with Crippen molar-refractivity contribution in [3.63, 3.8) is 0 Å². The highest BCUT2D eigenvalue weighted by Crippen LogP contribution is 2.39. The van der Waals surface area contributed by atoms with Crippen LogP contribution in [0, 0.1) is 5.41 Å². The molecule has 0 amide bonds. The van der Waals surface area contributed by atoms with Gasteiger partial charge in [0.2, 0.25) is 0 Å². The summed E-state index contributed by atoms with van der Waals surface area (Å²) in [5.41, 5.74) is 3.61. The van der Waals surface area contributed by atoms with E-state index in [2.05, 4.69) is 45.1 Å². The Labute approximate surface area is 125 Å². The lowest BCUT2D eigenvalue weighted by Gasteiger charge is -2.35. The fourth-order valence-corrected chi connectivity index (χ4v) is 4.54. The fraction of sp³-hybridized carbons (Fsp3) is 0.647. The highest BCUT2D eigenvalue weighted by molar-refractivity contribution is 9.09. The molecule has 1 saturated carbocycles. The number of rotatable bonds is 3. The predicted molar refractivity (Wildman–Crippen MR) is 84.5 cm³/mol. The van der Waals surface area contributed by atoms with Crippen LogP contribution in [-0.4, -0.2) is 16.8 Å². The molecule has 0 radical (unpaired) electrons. The average Bonchev–Trinajstić information content (AvgIpc) is 2.69. The third-order valence-corrected chi connectivity index (χ3v) is 6.10. The molecular weight excluding hydrogens is 298 g/mol. The van der Waals surface area contributed by atoms with Crippen molar-refractivity contribution in [3.05, 3.63) is 35.4 Å². The number of benzene rings is 1. The summed E-state index contributed by atoms with van der Waals surface area (Å²) in [6.07, 6.45) is 8.54. The molecule has 1 fully saturated rings. The average molecular weight is 322 g/mol. The second-order valence-corrected chi connectivity index (χ2v) is 7.02. The van der Waals surface area contributed by atoms with E-state index in [4.69, 9.17) is 0 Å². The molecule has 2 aliphatic rings. The quantitative estimate of drug-likeness (QED) is 0.574. The van der Waals surface area contributed by atoms with Crippen molar-refractivity contribution in [3.8, 4) is 0 Å². The lowest BCUT2D eigenvalue weighted by molar-refractivity contribution is 0.151. The first-order valence-corrected chi connectivity index (χ1v) is 8.79. The Kier molecular flexibility index (Phi) is 4.28. The maximum Gasteiger partial charge on any atom is 0.0240 e. The molecule has 19 heavy (non-hydrogen) atoms. The third-order valence-electron chi connectivity index (χ3n) is 4.91. The maximum absolute atomic E-state index is 3.82. The van der Waals surface area contributed by atoms with Crippen molar-refractivity contribution in [2.24, 2.45) is 5.41 Å². The van der Waals surface area contributed by atoms with E-state index in [1.807, 2.05) is 0 Å². The summed E-state index contributed by atoms with van der Waals surface area (Å²) in [6, 6.07) is 8.94. The molecule has 1 nitrogen and oxygen atoms in total. The Bertz CT molecular complexity index is 396. The topological polar surface area (TPSA) is 3.24 Å². The van der Waals surface area contributed by atoms with Crippen molar-refractivity contribution < 1.29 is 0 Å². The minimum absolute atomic E-state index is 0.526. The van der Waals surface area contributed by atoms with Gasteiger partial charge in [-0.25, -0.2) is 0 Å². The second kappa shape index (κ2) is 5.97. The first-order valence-electron chi connectivity index (χ1n) is 7.66. The number of fused-ring (bicyclic) bond motifs is 1. The van der Waals surface area contributed by atoms with Gasteiger partial charge in [-0.3, -0.25) is 4.90 Å². The van der Waals surface area contributed by atoms with Crippen LogP contribution in [0.5, 0.6) is 0 Å². The van der Waals surface area contributed by atoms with Gasteiger partial charge in [0, 0.05) is 25.0 Å². The molecule has 0 unspecified atom stereocenters. The van der Waals surface area contributed by atoms with E-state index in [0.717, 1.165) is 13.1 Å². The molecule has 0 N–H and O–H groups in total. The summed E-state index contributed by atoms with van der Waals surface area (Å²) in [6.45, 7) is 3.59. The van der Waals surface area contributed by atoms with E-state index in [1.165, 1.54) is 50.4 Å². The number of hydrogen-bond donors (Lipinski definition) is 0. The minimum atomic E-state index is 0.526. The van der Waals surface area contributed by atoms with E-state index in [1.54, 1.807) is 11.1 Å². The standard InChI is InChI=1S/C17H24BrN/c18-13-17(9-5-1-2-6-10-17)14-19-11-15-7-3-4-8-16(15)12-19/h3-4,7-8H,1-2,5-6,9-14H2. The van der Waals surface area contributed by atoms with Crippen molar-refractivity contribution in [1.82, 2.24) is 4.90 Å². The number of alkyl halides is 1. The van der Waals surface area contributed by atoms with Gasteiger partial charge in [0.1, 0.15) is 0 Å². The summed E-state index contributed by atoms with van der Waals surface area (Å²) in [7, 11) is 0. The Morgan fingerprint density at radius 2 is 1.53 bits per heavy atom. The van der Waals surface area contributed by atoms with Crippen molar-refractivity contribution >= 4 is 15.9 Å². The first kappa shape index (κ1) is 13.6. The van der Waals surface area contributed by atoms with E-state index in [9.17, 15) is 0 Å². The molecule has 0 atom stereocenters. The fourth-order valence-electron chi connectivity index (χ4n) is 3.80. The number of hydrogen-bond acceptors (Lipinski definition) is 1. The number of nitrogens with zero attached hydrogens (tertiary/aromatic N) is 1. The molecule has 1 aromatic carbocycles. The zero-order valence-corrected chi connectivity index (χ0v) is 13.3. The zero-order chi connectivity index (χ0) is 13.1. The van der Waals surface area contributed by atoms with E-state index >= 15 is 0 Å². The molecule has 1 aliphatic heterocycles. The third kappa shape index (κ3) is 3.05. The van der Waals surface area contributed by atoms with Crippen LogP contribution in [0.25, 0.3) is 0 Å². The molecule has 0 saturated heterocycles. The summed E-state index contributed by atoms with van der Waals surface area (Å²) in [5, 5.41) is 1.17. The van der Waals surface area contributed by atoms with Gasteiger partial charge in [-0.1, -0.05) is 65.9 Å². The molecule has 2 heteroatoms.